The summed E-state index contributed by atoms with van der Waals surface area (Å²) >= 11 is 4.98. The summed E-state index contributed by atoms with van der Waals surface area (Å²) in [5, 5.41) is 8.35. The normalized spacial score (nSPS) is 11.6. The van der Waals surface area contributed by atoms with Crippen LogP contribution in [0.2, 0.25) is 0 Å². The molecule has 2 amide bonds. The number of ether oxygens (including phenoxy) is 2. The maximum atomic E-state index is 12.3. The average molecular weight is 357 g/mol. The molecule has 2 aromatic carbocycles. The number of rotatable bonds is 3. The number of benzene rings is 2. The summed E-state index contributed by atoms with van der Waals surface area (Å²) in [4.78, 5) is 23.2. The molecule has 0 saturated heterocycles. The van der Waals surface area contributed by atoms with Crippen LogP contribution in [0.4, 0.5) is 11.4 Å². The second-order valence-corrected chi connectivity index (χ2v) is 5.64. The zero-order valence-electron chi connectivity index (χ0n) is 13.3. The molecular weight excluding hydrogens is 342 g/mol. The van der Waals surface area contributed by atoms with Crippen LogP contribution < -0.4 is 25.4 Å². The molecule has 1 heterocycles. The van der Waals surface area contributed by atoms with Crippen LogP contribution in [-0.4, -0.2) is 23.7 Å². The van der Waals surface area contributed by atoms with Gasteiger partial charge in [0, 0.05) is 23.9 Å². The SMILES string of the molecule is CC(=O)NC(=S)Nc1ccc(NC(=O)c2ccc3c(c2)OCO3)cc1. The first kappa shape index (κ1) is 16.7. The first-order valence-electron chi connectivity index (χ1n) is 7.41. The van der Waals surface area contributed by atoms with Gasteiger partial charge in [-0.05, 0) is 54.7 Å². The van der Waals surface area contributed by atoms with Crippen LogP contribution in [0.15, 0.2) is 42.5 Å². The van der Waals surface area contributed by atoms with Crippen molar-refractivity contribution in [1.29, 1.82) is 0 Å². The Hall–Kier alpha value is -3.13. The molecule has 0 unspecified atom stereocenters. The standard InChI is InChI=1S/C17H15N3O4S/c1-10(21)18-17(25)20-13-5-3-12(4-6-13)19-16(22)11-2-7-14-15(8-11)24-9-23-14/h2-8H,9H2,1H3,(H,19,22)(H2,18,20,21,25). The smallest absolute Gasteiger partial charge is 0.255 e. The number of nitrogens with one attached hydrogen (secondary N) is 3. The molecule has 0 bridgehead atoms. The molecule has 25 heavy (non-hydrogen) atoms. The van der Waals surface area contributed by atoms with Crippen LogP contribution in [0.1, 0.15) is 17.3 Å². The molecule has 0 fully saturated rings. The summed E-state index contributed by atoms with van der Waals surface area (Å²) < 4.78 is 10.5. The summed E-state index contributed by atoms with van der Waals surface area (Å²) in [6, 6.07) is 11.9. The Labute approximate surface area is 149 Å². The van der Waals surface area contributed by atoms with E-state index in [1.165, 1.54) is 6.92 Å². The van der Waals surface area contributed by atoms with Crippen LogP contribution in [0, 0.1) is 0 Å². The van der Waals surface area contributed by atoms with E-state index in [1.54, 1.807) is 42.5 Å². The van der Waals surface area contributed by atoms with E-state index in [0.717, 1.165) is 0 Å². The van der Waals surface area contributed by atoms with Crippen molar-refractivity contribution in [3.63, 3.8) is 0 Å². The zero-order chi connectivity index (χ0) is 17.8. The third-order valence-corrected chi connectivity index (χ3v) is 3.53. The summed E-state index contributed by atoms with van der Waals surface area (Å²) in [5.41, 5.74) is 1.79. The lowest BCUT2D eigenvalue weighted by Crippen LogP contribution is -2.32. The third kappa shape index (κ3) is 4.24. The largest absolute Gasteiger partial charge is 0.454 e. The molecule has 8 heteroatoms. The van der Waals surface area contributed by atoms with Gasteiger partial charge in [0.25, 0.3) is 5.91 Å². The van der Waals surface area contributed by atoms with E-state index < -0.39 is 0 Å². The maximum Gasteiger partial charge on any atom is 0.255 e. The van der Waals surface area contributed by atoms with E-state index in [-0.39, 0.29) is 23.7 Å². The first-order valence-corrected chi connectivity index (χ1v) is 7.82. The fraction of sp³-hybridized carbons (Fsp3) is 0.118. The molecule has 3 N–H and O–H groups in total. The van der Waals surface area contributed by atoms with Gasteiger partial charge in [0.15, 0.2) is 16.6 Å². The van der Waals surface area contributed by atoms with E-state index in [4.69, 9.17) is 21.7 Å². The lowest BCUT2D eigenvalue weighted by molar-refractivity contribution is -0.117. The Kier molecular flexibility index (Phi) is 4.80. The Morgan fingerprint density at radius 2 is 1.60 bits per heavy atom. The molecule has 0 radical (unpaired) electrons. The van der Waals surface area contributed by atoms with E-state index in [9.17, 15) is 9.59 Å². The second kappa shape index (κ2) is 7.18. The van der Waals surface area contributed by atoms with Crippen LogP contribution in [-0.2, 0) is 4.79 Å². The highest BCUT2D eigenvalue weighted by Crippen LogP contribution is 2.32. The van der Waals surface area contributed by atoms with Crippen molar-refractivity contribution < 1.29 is 19.1 Å². The van der Waals surface area contributed by atoms with E-state index in [0.29, 0.717) is 28.4 Å². The van der Waals surface area contributed by atoms with Gasteiger partial charge < -0.3 is 25.4 Å². The highest BCUT2D eigenvalue weighted by molar-refractivity contribution is 7.80. The number of carbonyl (C=O) groups excluding carboxylic acids is 2. The number of carbonyl (C=O) groups is 2. The fourth-order valence-electron chi connectivity index (χ4n) is 2.20. The molecule has 1 aliphatic rings. The Morgan fingerprint density at radius 3 is 2.28 bits per heavy atom. The minimum atomic E-state index is -0.257. The quantitative estimate of drug-likeness (QED) is 0.732. The van der Waals surface area contributed by atoms with Crippen molar-refractivity contribution in [2.75, 3.05) is 17.4 Å². The Balaban J connectivity index is 1.62. The van der Waals surface area contributed by atoms with Gasteiger partial charge in [-0.15, -0.1) is 0 Å². The molecule has 0 aliphatic carbocycles. The van der Waals surface area contributed by atoms with Gasteiger partial charge in [-0.1, -0.05) is 0 Å². The zero-order valence-corrected chi connectivity index (χ0v) is 14.1. The van der Waals surface area contributed by atoms with Gasteiger partial charge in [0.05, 0.1) is 0 Å². The molecule has 2 aromatic rings. The predicted molar refractivity (Wildman–Crippen MR) is 97.0 cm³/mol. The minimum absolute atomic E-state index is 0.162. The van der Waals surface area contributed by atoms with Gasteiger partial charge in [-0.25, -0.2) is 0 Å². The average Bonchev–Trinajstić information content (AvgIpc) is 3.03. The summed E-state index contributed by atoms with van der Waals surface area (Å²) in [7, 11) is 0. The van der Waals surface area contributed by atoms with Crippen molar-refractivity contribution in [2.45, 2.75) is 6.92 Å². The van der Waals surface area contributed by atoms with Crippen LogP contribution in [0.5, 0.6) is 11.5 Å². The van der Waals surface area contributed by atoms with Gasteiger partial charge >= 0.3 is 0 Å². The van der Waals surface area contributed by atoms with Gasteiger partial charge in [-0.2, -0.15) is 0 Å². The predicted octanol–water partition coefficient (Wildman–Crippen LogP) is 2.50. The van der Waals surface area contributed by atoms with Crippen LogP contribution in [0.3, 0.4) is 0 Å². The van der Waals surface area contributed by atoms with Gasteiger partial charge in [-0.3, -0.25) is 9.59 Å². The molecular formula is C17H15N3O4S. The van der Waals surface area contributed by atoms with Gasteiger partial charge in [0.2, 0.25) is 12.7 Å². The number of hydrogen-bond donors (Lipinski definition) is 3. The highest BCUT2D eigenvalue weighted by atomic mass is 32.1. The third-order valence-electron chi connectivity index (χ3n) is 3.32. The molecule has 0 spiro atoms. The molecule has 0 aromatic heterocycles. The van der Waals surface area contributed by atoms with E-state index >= 15 is 0 Å². The first-order chi connectivity index (χ1) is 12.0. The molecule has 3 rings (SSSR count). The number of fused-ring (bicyclic) bond motifs is 1. The number of amides is 2. The van der Waals surface area contributed by atoms with Crippen molar-refractivity contribution in [2.24, 2.45) is 0 Å². The van der Waals surface area contributed by atoms with Crippen molar-refractivity contribution >= 4 is 40.5 Å². The lowest BCUT2D eigenvalue weighted by atomic mass is 10.2. The Bertz CT molecular complexity index is 836. The number of anilines is 2. The monoisotopic (exact) mass is 357 g/mol. The number of hydrogen-bond acceptors (Lipinski definition) is 5. The van der Waals surface area contributed by atoms with E-state index in [2.05, 4.69) is 16.0 Å². The molecule has 0 atom stereocenters. The molecule has 0 saturated carbocycles. The Morgan fingerprint density at radius 1 is 0.960 bits per heavy atom. The number of thiocarbonyl (C=S) groups is 1. The van der Waals surface area contributed by atoms with Gasteiger partial charge in [0.1, 0.15) is 0 Å². The molecule has 1 aliphatic heterocycles. The molecule has 128 valence electrons. The van der Waals surface area contributed by atoms with E-state index in [1.807, 2.05) is 0 Å². The summed E-state index contributed by atoms with van der Waals surface area (Å²) in [5.74, 6) is 0.679. The van der Waals surface area contributed by atoms with Crippen molar-refractivity contribution in [3.05, 3.63) is 48.0 Å². The second-order valence-electron chi connectivity index (χ2n) is 5.23. The molecule has 7 nitrogen and oxygen atoms in total. The minimum Gasteiger partial charge on any atom is -0.454 e. The topological polar surface area (TPSA) is 88.7 Å². The highest BCUT2D eigenvalue weighted by Gasteiger charge is 2.16. The van der Waals surface area contributed by atoms with Crippen LogP contribution >= 0.6 is 12.2 Å². The van der Waals surface area contributed by atoms with Crippen molar-refractivity contribution in [1.82, 2.24) is 5.32 Å². The fourth-order valence-corrected chi connectivity index (χ4v) is 2.46. The van der Waals surface area contributed by atoms with Crippen LogP contribution in [0.25, 0.3) is 0 Å². The maximum absolute atomic E-state index is 12.3. The summed E-state index contributed by atoms with van der Waals surface area (Å²) in [6.07, 6.45) is 0. The van der Waals surface area contributed by atoms with Crippen molar-refractivity contribution in [3.8, 4) is 11.5 Å². The lowest BCUT2D eigenvalue weighted by Gasteiger charge is -2.10. The summed E-state index contributed by atoms with van der Waals surface area (Å²) in [6.45, 7) is 1.54.